The van der Waals surface area contributed by atoms with Crippen LogP contribution >= 0.6 is 11.8 Å². The molecule has 0 saturated heterocycles. The minimum absolute atomic E-state index is 0.232. The molecule has 0 aromatic heterocycles. The van der Waals surface area contributed by atoms with Crippen molar-refractivity contribution in [2.45, 2.75) is 16.7 Å². The van der Waals surface area contributed by atoms with Crippen LogP contribution in [0.2, 0.25) is 0 Å². The zero-order chi connectivity index (χ0) is 16.2. The van der Waals surface area contributed by atoms with Crippen LogP contribution in [0.4, 0.5) is 5.69 Å². The van der Waals surface area contributed by atoms with Gasteiger partial charge in [0, 0.05) is 4.90 Å². The largest absolute Gasteiger partial charge is 0.264 e. The van der Waals surface area contributed by atoms with Crippen molar-refractivity contribution in [2.24, 2.45) is 0 Å². The Morgan fingerprint density at radius 2 is 1.68 bits per heavy atom. The topological polar surface area (TPSA) is 37.4 Å². The van der Waals surface area contributed by atoms with E-state index in [0.717, 1.165) is 10.5 Å². The molecule has 0 saturated carbocycles. The molecule has 0 atom stereocenters. The van der Waals surface area contributed by atoms with Gasteiger partial charge in [-0.1, -0.05) is 23.8 Å². The summed E-state index contributed by atoms with van der Waals surface area (Å²) in [6.45, 7) is 5.87. The van der Waals surface area contributed by atoms with Gasteiger partial charge in [0.2, 0.25) is 0 Å². The van der Waals surface area contributed by atoms with Gasteiger partial charge in [-0.3, -0.25) is 4.31 Å². The number of hydrogen-bond donors (Lipinski definition) is 0. The van der Waals surface area contributed by atoms with Crippen molar-refractivity contribution >= 4 is 27.5 Å². The van der Waals surface area contributed by atoms with Gasteiger partial charge in [-0.2, -0.15) is 0 Å². The van der Waals surface area contributed by atoms with E-state index in [0.29, 0.717) is 5.69 Å². The predicted molar refractivity (Wildman–Crippen MR) is 94.1 cm³/mol. The number of aryl methyl sites for hydroxylation is 1. The van der Waals surface area contributed by atoms with Gasteiger partial charge in [-0.05, 0) is 49.6 Å². The molecular formula is C17H19NO2S2. The minimum atomic E-state index is -3.60. The fourth-order valence-electron chi connectivity index (χ4n) is 2.05. The summed E-state index contributed by atoms with van der Waals surface area (Å²) in [4.78, 5) is 1.32. The number of rotatable bonds is 6. The molecule has 0 bridgehead atoms. The summed E-state index contributed by atoms with van der Waals surface area (Å²) in [6.07, 6.45) is 3.55. The van der Waals surface area contributed by atoms with Crippen molar-refractivity contribution in [1.29, 1.82) is 0 Å². The molecule has 0 fully saturated rings. The molecule has 0 amide bonds. The second-order valence-corrected chi connectivity index (χ2v) is 7.58. The van der Waals surface area contributed by atoms with Gasteiger partial charge in [0.1, 0.15) is 0 Å². The third-order valence-corrected chi connectivity index (χ3v) is 5.82. The Balaban J connectivity index is 2.44. The monoisotopic (exact) mass is 333 g/mol. The highest BCUT2D eigenvalue weighted by atomic mass is 32.2. The first-order valence-electron chi connectivity index (χ1n) is 6.83. The maximum Gasteiger partial charge on any atom is 0.264 e. The molecule has 0 aliphatic carbocycles. The zero-order valence-electron chi connectivity index (χ0n) is 12.7. The minimum Gasteiger partial charge on any atom is -0.263 e. The van der Waals surface area contributed by atoms with Gasteiger partial charge >= 0.3 is 0 Å². The van der Waals surface area contributed by atoms with Crippen LogP contribution in [0.3, 0.4) is 0 Å². The Morgan fingerprint density at radius 1 is 1.09 bits per heavy atom. The lowest BCUT2D eigenvalue weighted by Gasteiger charge is -2.23. The number of sulfonamides is 1. The molecule has 0 aliphatic heterocycles. The average Bonchev–Trinajstić information content (AvgIpc) is 2.53. The summed E-state index contributed by atoms with van der Waals surface area (Å²) in [7, 11) is -3.60. The predicted octanol–water partition coefficient (Wildman–Crippen LogP) is 4.10. The molecule has 0 aliphatic rings. The molecule has 2 aromatic rings. The number of anilines is 1. The first-order chi connectivity index (χ1) is 10.5. The quantitative estimate of drug-likeness (QED) is 0.590. The van der Waals surface area contributed by atoms with Crippen molar-refractivity contribution in [3.05, 3.63) is 66.7 Å². The molecule has 0 N–H and O–H groups in total. The van der Waals surface area contributed by atoms with Crippen molar-refractivity contribution in [1.82, 2.24) is 0 Å². The summed E-state index contributed by atoms with van der Waals surface area (Å²) in [5.41, 5.74) is 1.73. The van der Waals surface area contributed by atoms with Gasteiger partial charge < -0.3 is 0 Å². The summed E-state index contributed by atoms with van der Waals surface area (Å²) in [5.74, 6) is 0. The maximum atomic E-state index is 12.9. The molecule has 0 radical (unpaired) electrons. The van der Waals surface area contributed by atoms with Crippen LogP contribution in [0.5, 0.6) is 0 Å². The van der Waals surface area contributed by atoms with Crippen LogP contribution in [-0.4, -0.2) is 21.2 Å². The smallest absolute Gasteiger partial charge is 0.263 e. The van der Waals surface area contributed by atoms with Crippen LogP contribution in [0.15, 0.2) is 71.0 Å². The lowest BCUT2D eigenvalue weighted by Crippen LogP contribution is -2.31. The van der Waals surface area contributed by atoms with Gasteiger partial charge in [0.15, 0.2) is 0 Å². The van der Waals surface area contributed by atoms with Crippen molar-refractivity contribution in [2.75, 3.05) is 17.1 Å². The highest BCUT2D eigenvalue weighted by Gasteiger charge is 2.23. The van der Waals surface area contributed by atoms with E-state index in [-0.39, 0.29) is 11.4 Å². The second kappa shape index (κ2) is 7.03. The van der Waals surface area contributed by atoms with E-state index in [2.05, 4.69) is 6.58 Å². The van der Waals surface area contributed by atoms with Gasteiger partial charge in [0.05, 0.1) is 17.1 Å². The lowest BCUT2D eigenvalue weighted by atomic mass is 10.2. The number of thioether (sulfide) groups is 1. The van der Waals surface area contributed by atoms with Crippen molar-refractivity contribution < 1.29 is 8.42 Å². The van der Waals surface area contributed by atoms with Gasteiger partial charge in [0.25, 0.3) is 10.0 Å². The molecule has 0 spiro atoms. The molecule has 2 aromatic carbocycles. The molecular weight excluding hydrogens is 314 g/mol. The Hall–Kier alpha value is -1.72. The first-order valence-corrected chi connectivity index (χ1v) is 9.50. The summed E-state index contributed by atoms with van der Waals surface area (Å²) >= 11 is 1.58. The van der Waals surface area contributed by atoms with E-state index < -0.39 is 10.0 Å². The fraction of sp³-hybridized carbons (Fsp3) is 0.176. The Bertz CT molecular complexity index is 735. The van der Waals surface area contributed by atoms with Crippen LogP contribution in [0, 0.1) is 6.92 Å². The fourth-order valence-corrected chi connectivity index (χ4v) is 3.89. The normalized spacial score (nSPS) is 11.2. The van der Waals surface area contributed by atoms with E-state index in [9.17, 15) is 8.42 Å². The summed E-state index contributed by atoms with van der Waals surface area (Å²) in [6, 6.07) is 14.4. The lowest BCUT2D eigenvalue weighted by molar-refractivity contribution is 0.593. The summed E-state index contributed by atoms with van der Waals surface area (Å²) < 4.78 is 27.1. The van der Waals surface area contributed by atoms with Crippen LogP contribution in [0.1, 0.15) is 5.56 Å². The van der Waals surface area contributed by atoms with E-state index in [1.165, 1.54) is 4.31 Å². The van der Waals surface area contributed by atoms with Gasteiger partial charge in [-0.15, -0.1) is 18.3 Å². The number of benzene rings is 2. The molecule has 3 nitrogen and oxygen atoms in total. The van der Waals surface area contributed by atoms with E-state index >= 15 is 0 Å². The maximum absolute atomic E-state index is 12.9. The van der Waals surface area contributed by atoms with Crippen LogP contribution < -0.4 is 4.31 Å². The zero-order valence-corrected chi connectivity index (χ0v) is 14.3. The summed E-state index contributed by atoms with van der Waals surface area (Å²) in [5, 5.41) is 0. The van der Waals surface area contributed by atoms with E-state index in [1.54, 1.807) is 30.0 Å². The Kier molecular flexibility index (Phi) is 5.32. The van der Waals surface area contributed by atoms with Crippen molar-refractivity contribution in [3.63, 3.8) is 0 Å². The standard InChI is InChI=1S/C17H19NO2S2/c1-4-13-18(15-7-5-14(2)6-8-15)22(19,20)17-11-9-16(21-3)10-12-17/h4-12H,1,13H2,2-3H3. The highest BCUT2D eigenvalue weighted by molar-refractivity contribution is 7.98. The van der Waals surface area contributed by atoms with Crippen LogP contribution in [0.25, 0.3) is 0 Å². The third kappa shape index (κ3) is 3.54. The molecule has 116 valence electrons. The van der Waals surface area contributed by atoms with Gasteiger partial charge in [-0.25, -0.2) is 8.42 Å². The SMILES string of the molecule is C=CCN(c1ccc(C)cc1)S(=O)(=O)c1ccc(SC)cc1. The van der Waals surface area contributed by atoms with E-state index in [1.807, 2.05) is 49.6 Å². The molecule has 22 heavy (non-hydrogen) atoms. The number of nitrogens with zero attached hydrogens (tertiary/aromatic N) is 1. The molecule has 2 rings (SSSR count). The first kappa shape index (κ1) is 16.6. The second-order valence-electron chi connectivity index (χ2n) is 4.84. The molecule has 5 heteroatoms. The Labute approximate surface area is 136 Å². The average molecular weight is 333 g/mol. The van der Waals surface area contributed by atoms with E-state index in [4.69, 9.17) is 0 Å². The van der Waals surface area contributed by atoms with Crippen molar-refractivity contribution in [3.8, 4) is 0 Å². The highest BCUT2D eigenvalue weighted by Crippen LogP contribution is 2.25. The number of hydrogen-bond acceptors (Lipinski definition) is 3. The van der Waals surface area contributed by atoms with Crippen LogP contribution in [-0.2, 0) is 10.0 Å². The third-order valence-electron chi connectivity index (χ3n) is 3.26. The Morgan fingerprint density at radius 3 is 2.18 bits per heavy atom. The molecule has 0 unspecified atom stereocenters. The molecule has 0 heterocycles.